The number of hydrogen-bond acceptors (Lipinski definition) is 5. The molecule has 16 heavy (non-hydrogen) atoms. The molecule has 1 atom stereocenters. The van der Waals surface area contributed by atoms with Crippen LogP contribution in [0.2, 0.25) is 0 Å². The quantitative estimate of drug-likeness (QED) is 0.877. The van der Waals surface area contributed by atoms with Crippen LogP contribution in [0.1, 0.15) is 16.6 Å². The molecule has 1 unspecified atom stereocenters. The van der Waals surface area contributed by atoms with Crippen LogP contribution in [0.25, 0.3) is 0 Å². The number of nitrogens with two attached hydrogens (primary N) is 1. The molecule has 0 spiro atoms. The van der Waals surface area contributed by atoms with E-state index < -0.39 is 0 Å². The van der Waals surface area contributed by atoms with Gasteiger partial charge in [-0.3, -0.25) is 0 Å². The van der Waals surface area contributed by atoms with E-state index in [1.165, 1.54) is 6.33 Å². The Kier molecular flexibility index (Phi) is 3.48. The molecule has 0 radical (unpaired) electrons. The molecule has 0 bridgehead atoms. The Morgan fingerprint density at radius 3 is 3.06 bits per heavy atom. The number of methoxy groups -OCH3 is 1. The summed E-state index contributed by atoms with van der Waals surface area (Å²) < 4.78 is 5.04. The Hall–Kier alpha value is -1.46. The number of nitrogens with zero attached hydrogens (tertiary/aromatic N) is 2. The van der Waals surface area contributed by atoms with Gasteiger partial charge in [0.05, 0.1) is 7.11 Å². The van der Waals surface area contributed by atoms with Gasteiger partial charge in [-0.15, -0.1) is 11.3 Å². The minimum atomic E-state index is -0.0143. The lowest BCUT2D eigenvalue weighted by Crippen LogP contribution is -2.12. The van der Waals surface area contributed by atoms with Crippen LogP contribution in [0.4, 0.5) is 0 Å². The summed E-state index contributed by atoms with van der Waals surface area (Å²) in [6.45, 7) is 0. The van der Waals surface area contributed by atoms with Gasteiger partial charge in [-0.25, -0.2) is 9.97 Å². The fourth-order valence-corrected chi connectivity index (χ4v) is 2.16. The van der Waals surface area contributed by atoms with Gasteiger partial charge in [0, 0.05) is 29.1 Å². The summed E-state index contributed by atoms with van der Waals surface area (Å²) >= 11 is 1.66. The molecule has 5 heteroatoms. The highest BCUT2D eigenvalue weighted by Crippen LogP contribution is 2.20. The van der Waals surface area contributed by atoms with Gasteiger partial charge in [0.1, 0.15) is 6.33 Å². The molecule has 4 nitrogen and oxygen atoms in total. The van der Waals surface area contributed by atoms with E-state index in [1.807, 2.05) is 23.6 Å². The van der Waals surface area contributed by atoms with Crippen molar-refractivity contribution < 1.29 is 4.74 Å². The first-order valence-electron chi connectivity index (χ1n) is 4.93. The summed E-state index contributed by atoms with van der Waals surface area (Å²) in [4.78, 5) is 9.29. The predicted octanol–water partition coefficient (Wildman–Crippen LogP) is 1.79. The van der Waals surface area contributed by atoms with Gasteiger partial charge in [0.15, 0.2) is 0 Å². The summed E-state index contributed by atoms with van der Waals surface area (Å²) in [5, 5.41) is 2.02. The van der Waals surface area contributed by atoms with Crippen molar-refractivity contribution in [3.63, 3.8) is 0 Å². The third-order valence-electron chi connectivity index (χ3n) is 2.25. The normalized spacial score (nSPS) is 12.4. The van der Waals surface area contributed by atoms with Crippen molar-refractivity contribution in [2.45, 2.75) is 12.5 Å². The molecule has 2 aromatic rings. The summed E-state index contributed by atoms with van der Waals surface area (Å²) in [6, 6.07) is 5.83. The van der Waals surface area contributed by atoms with Gasteiger partial charge < -0.3 is 10.5 Å². The van der Waals surface area contributed by atoms with E-state index in [2.05, 4.69) is 9.97 Å². The molecule has 0 aliphatic rings. The molecule has 2 rings (SSSR count). The van der Waals surface area contributed by atoms with Crippen molar-refractivity contribution >= 4 is 11.3 Å². The first-order chi connectivity index (χ1) is 7.79. The fraction of sp³-hybridized carbons (Fsp3) is 0.273. The van der Waals surface area contributed by atoms with E-state index in [1.54, 1.807) is 18.4 Å². The molecule has 0 aromatic carbocycles. The summed E-state index contributed by atoms with van der Waals surface area (Å²) in [5.74, 6) is 0.573. The maximum Gasteiger partial charge on any atom is 0.216 e. The van der Waals surface area contributed by atoms with E-state index in [0.29, 0.717) is 12.3 Å². The number of aromatic nitrogens is 2. The monoisotopic (exact) mass is 235 g/mol. The third kappa shape index (κ3) is 2.56. The standard InChI is InChI=1S/C11H13N3OS/c1-15-11-6-8(13-7-14-11)5-9(12)10-3-2-4-16-10/h2-4,6-7,9H,5,12H2,1H3. The number of hydrogen-bond donors (Lipinski definition) is 1. The van der Waals surface area contributed by atoms with Crippen LogP contribution in [-0.2, 0) is 6.42 Å². The predicted molar refractivity (Wildman–Crippen MR) is 63.5 cm³/mol. The minimum Gasteiger partial charge on any atom is -0.481 e. The second kappa shape index (κ2) is 5.05. The molecule has 0 saturated heterocycles. The van der Waals surface area contributed by atoms with Gasteiger partial charge >= 0.3 is 0 Å². The van der Waals surface area contributed by atoms with Gasteiger partial charge in [-0.2, -0.15) is 0 Å². The molecular weight excluding hydrogens is 222 g/mol. The molecule has 0 saturated carbocycles. The van der Waals surface area contributed by atoms with Crippen LogP contribution >= 0.6 is 11.3 Å². The van der Waals surface area contributed by atoms with Gasteiger partial charge in [0.25, 0.3) is 0 Å². The molecule has 2 aromatic heterocycles. The highest BCUT2D eigenvalue weighted by molar-refractivity contribution is 7.10. The van der Waals surface area contributed by atoms with E-state index in [4.69, 9.17) is 10.5 Å². The Labute approximate surface area is 98.1 Å². The molecule has 2 N–H and O–H groups in total. The zero-order valence-electron chi connectivity index (χ0n) is 8.96. The molecule has 84 valence electrons. The topological polar surface area (TPSA) is 61.0 Å². The first kappa shape index (κ1) is 11.0. The summed E-state index contributed by atoms with van der Waals surface area (Å²) in [6.07, 6.45) is 2.19. The molecule has 0 aliphatic carbocycles. The van der Waals surface area contributed by atoms with Crippen LogP contribution in [0.3, 0.4) is 0 Å². The van der Waals surface area contributed by atoms with Gasteiger partial charge in [-0.1, -0.05) is 6.07 Å². The molecule has 2 heterocycles. The maximum absolute atomic E-state index is 6.07. The minimum absolute atomic E-state index is 0.0143. The Morgan fingerprint density at radius 2 is 2.38 bits per heavy atom. The zero-order chi connectivity index (χ0) is 11.4. The molecule has 0 fully saturated rings. The van der Waals surface area contributed by atoms with Crippen LogP contribution in [0.15, 0.2) is 29.9 Å². The van der Waals surface area contributed by atoms with Crippen molar-refractivity contribution in [2.24, 2.45) is 5.73 Å². The SMILES string of the molecule is COc1cc(CC(N)c2cccs2)ncn1. The second-order valence-corrected chi connectivity index (χ2v) is 4.36. The lowest BCUT2D eigenvalue weighted by atomic mass is 10.1. The van der Waals surface area contributed by atoms with Crippen LogP contribution in [-0.4, -0.2) is 17.1 Å². The largest absolute Gasteiger partial charge is 0.481 e. The summed E-state index contributed by atoms with van der Waals surface area (Å²) in [5.41, 5.74) is 6.97. The lowest BCUT2D eigenvalue weighted by molar-refractivity contribution is 0.395. The average molecular weight is 235 g/mol. The Balaban J connectivity index is 2.08. The van der Waals surface area contributed by atoms with Crippen LogP contribution in [0, 0.1) is 0 Å². The fourth-order valence-electron chi connectivity index (χ4n) is 1.43. The second-order valence-electron chi connectivity index (χ2n) is 3.38. The van der Waals surface area contributed by atoms with Crippen molar-refractivity contribution in [1.29, 1.82) is 0 Å². The molecular formula is C11H13N3OS. The van der Waals surface area contributed by atoms with Crippen LogP contribution in [0.5, 0.6) is 5.88 Å². The molecule has 0 amide bonds. The summed E-state index contributed by atoms with van der Waals surface area (Å²) in [7, 11) is 1.59. The maximum atomic E-state index is 6.07. The van der Waals surface area contributed by atoms with Crippen molar-refractivity contribution in [2.75, 3.05) is 7.11 Å². The van der Waals surface area contributed by atoms with E-state index in [9.17, 15) is 0 Å². The highest BCUT2D eigenvalue weighted by Gasteiger charge is 2.09. The Bertz CT molecular complexity index is 444. The van der Waals surface area contributed by atoms with Crippen LogP contribution < -0.4 is 10.5 Å². The smallest absolute Gasteiger partial charge is 0.216 e. The highest BCUT2D eigenvalue weighted by atomic mass is 32.1. The number of thiophene rings is 1. The first-order valence-corrected chi connectivity index (χ1v) is 5.81. The molecule has 0 aliphatic heterocycles. The zero-order valence-corrected chi connectivity index (χ0v) is 9.78. The van der Waals surface area contributed by atoms with E-state index in [-0.39, 0.29) is 6.04 Å². The lowest BCUT2D eigenvalue weighted by Gasteiger charge is -2.09. The third-order valence-corrected chi connectivity index (χ3v) is 3.25. The van der Waals surface area contributed by atoms with E-state index >= 15 is 0 Å². The number of rotatable bonds is 4. The number of ether oxygens (including phenoxy) is 1. The van der Waals surface area contributed by atoms with Crippen molar-refractivity contribution in [3.05, 3.63) is 40.5 Å². The van der Waals surface area contributed by atoms with Crippen molar-refractivity contribution in [3.8, 4) is 5.88 Å². The Morgan fingerprint density at radius 1 is 1.50 bits per heavy atom. The van der Waals surface area contributed by atoms with Crippen molar-refractivity contribution in [1.82, 2.24) is 9.97 Å². The van der Waals surface area contributed by atoms with Gasteiger partial charge in [0.2, 0.25) is 5.88 Å². The average Bonchev–Trinajstić information content (AvgIpc) is 2.83. The van der Waals surface area contributed by atoms with E-state index in [0.717, 1.165) is 10.6 Å². The van der Waals surface area contributed by atoms with Gasteiger partial charge in [-0.05, 0) is 11.4 Å².